The Balaban J connectivity index is 1.83. The fraction of sp³-hybridized carbons (Fsp3) is 0.562. The summed E-state index contributed by atoms with van der Waals surface area (Å²) in [5.74, 6) is -0.00739. The first-order valence-electron chi connectivity index (χ1n) is 8.56. The first-order valence-corrected chi connectivity index (χ1v) is 10.00. The van der Waals surface area contributed by atoms with Gasteiger partial charge in [0.1, 0.15) is 0 Å². The van der Waals surface area contributed by atoms with Crippen molar-refractivity contribution in [2.45, 2.75) is 30.7 Å². The molecule has 142 valence electrons. The Hall–Kier alpha value is -2.04. The number of nitro benzene ring substituents is 1. The van der Waals surface area contributed by atoms with Crippen molar-refractivity contribution in [2.24, 2.45) is 0 Å². The van der Waals surface area contributed by atoms with Crippen molar-refractivity contribution in [1.29, 1.82) is 0 Å². The summed E-state index contributed by atoms with van der Waals surface area (Å²) in [6, 6.07) is 3.64. The molecule has 1 atom stereocenters. The highest BCUT2D eigenvalue weighted by Crippen LogP contribution is 2.27. The molecule has 26 heavy (non-hydrogen) atoms. The van der Waals surface area contributed by atoms with Crippen LogP contribution < -0.4 is 5.32 Å². The molecule has 0 saturated carbocycles. The van der Waals surface area contributed by atoms with Gasteiger partial charge in [-0.2, -0.15) is 4.31 Å². The number of non-ortho nitro benzene ring substituents is 1. The summed E-state index contributed by atoms with van der Waals surface area (Å²) in [6.45, 7) is 3.76. The molecular formula is C16H22N4O5S. The van der Waals surface area contributed by atoms with Gasteiger partial charge in [0.2, 0.25) is 15.9 Å². The fourth-order valence-corrected chi connectivity index (χ4v) is 5.30. The number of nitrogens with one attached hydrogen (secondary N) is 1. The normalized spacial score (nSPS) is 22.4. The van der Waals surface area contributed by atoms with Gasteiger partial charge >= 0.3 is 0 Å². The average molecular weight is 382 g/mol. The molecule has 0 aromatic heterocycles. The molecular weight excluding hydrogens is 360 g/mol. The zero-order chi connectivity index (χ0) is 18.9. The summed E-state index contributed by atoms with van der Waals surface area (Å²) in [5, 5.41) is 13.9. The molecule has 2 heterocycles. The first kappa shape index (κ1) is 18.7. The van der Waals surface area contributed by atoms with Crippen LogP contribution >= 0.6 is 0 Å². The summed E-state index contributed by atoms with van der Waals surface area (Å²) in [6.07, 6.45) is 1.45. The number of hydrogen-bond acceptors (Lipinski definition) is 6. The number of aryl methyl sites for hydroxylation is 1. The second-order valence-corrected chi connectivity index (χ2v) is 8.54. The molecule has 1 aromatic rings. The second-order valence-electron chi connectivity index (χ2n) is 6.63. The largest absolute Gasteiger partial charge is 0.336 e. The van der Waals surface area contributed by atoms with E-state index in [1.54, 1.807) is 11.8 Å². The number of nitrogens with zero attached hydrogens (tertiary/aromatic N) is 3. The number of benzene rings is 1. The quantitative estimate of drug-likeness (QED) is 0.599. The highest BCUT2D eigenvalue weighted by atomic mass is 32.2. The van der Waals surface area contributed by atoms with E-state index in [-0.39, 0.29) is 35.6 Å². The fourth-order valence-electron chi connectivity index (χ4n) is 3.58. The van der Waals surface area contributed by atoms with Gasteiger partial charge in [-0.3, -0.25) is 14.9 Å². The average Bonchev–Trinajstić information content (AvgIpc) is 2.62. The molecule has 1 N–H and O–H groups in total. The van der Waals surface area contributed by atoms with Crippen LogP contribution in [-0.2, 0) is 14.8 Å². The third-order valence-electron chi connectivity index (χ3n) is 4.91. The molecule has 1 amide bonds. The molecule has 3 rings (SSSR count). The van der Waals surface area contributed by atoms with E-state index in [2.05, 4.69) is 5.32 Å². The van der Waals surface area contributed by atoms with Gasteiger partial charge in [0.25, 0.3) is 5.69 Å². The first-order chi connectivity index (χ1) is 12.3. The van der Waals surface area contributed by atoms with Crippen LogP contribution in [0, 0.1) is 17.0 Å². The summed E-state index contributed by atoms with van der Waals surface area (Å²) >= 11 is 0. The molecule has 9 nitrogen and oxygen atoms in total. The van der Waals surface area contributed by atoms with Gasteiger partial charge in [-0.05, 0) is 31.4 Å². The number of sulfonamides is 1. The molecule has 0 bridgehead atoms. The van der Waals surface area contributed by atoms with Crippen LogP contribution in [-0.4, -0.2) is 67.2 Å². The molecule has 0 radical (unpaired) electrons. The van der Waals surface area contributed by atoms with Gasteiger partial charge < -0.3 is 10.2 Å². The van der Waals surface area contributed by atoms with Crippen LogP contribution in [0.15, 0.2) is 23.1 Å². The van der Waals surface area contributed by atoms with Crippen LogP contribution in [0.1, 0.15) is 18.4 Å². The van der Waals surface area contributed by atoms with Gasteiger partial charge in [0.15, 0.2) is 0 Å². The second kappa shape index (κ2) is 7.29. The van der Waals surface area contributed by atoms with Crippen molar-refractivity contribution < 1.29 is 18.1 Å². The summed E-state index contributed by atoms with van der Waals surface area (Å²) in [4.78, 5) is 24.3. The van der Waals surface area contributed by atoms with Gasteiger partial charge in [0.05, 0.1) is 16.4 Å². The molecule has 1 unspecified atom stereocenters. The number of carbonyl (C=O) groups excluding carboxylic acids is 1. The number of hydrogen-bond donors (Lipinski definition) is 1. The molecule has 10 heteroatoms. The van der Waals surface area contributed by atoms with Crippen molar-refractivity contribution in [2.75, 3.05) is 32.7 Å². The maximum atomic E-state index is 13.0. The van der Waals surface area contributed by atoms with E-state index in [0.29, 0.717) is 31.6 Å². The van der Waals surface area contributed by atoms with E-state index in [4.69, 9.17) is 0 Å². The predicted molar refractivity (Wildman–Crippen MR) is 94.2 cm³/mol. The third-order valence-corrected chi connectivity index (χ3v) is 6.94. The van der Waals surface area contributed by atoms with E-state index < -0.39 is 14.9 Å². The standard InChI is InChI=1S/C16H22N4O5S/c1-12-9-13(20(22)23)4-5-15(12)26(24,25)18-7-2-3-14(11-18)19-8-6-17-10-16(19)21/h4-5,9,14,17H,2-3,6-8,10-11H2,1H3. The summed E-state index contributed by atoms with van der Waals surface area (Å²) in [7, 11) is -3.77. The Labute approximate surface area is 152 Å². The number of amides is 1. The molecule has 1 aromatic carbocycles. The van der Waals surface area contributed by atoms with Gasteiger partial charge in [-0.25, -0.2) is 8.42 Å². The maximum absolute atomic E-state index is 13.0. The van der Waals surface area contributed by atoms with Crippen LogP contribution in [0.25, 0.3) is 0 Å². The minimum Gasteiger partial charge on any atom is -0.336 e. The van der Waals surface area contributed by atoms with Crippen molar-refractivity contribution in [1.82, 2.24) is 14.5 Å². The molecule has 2 aliphatic rings. The Morgan fingerprint density at radius 1 is 1.31 bits per heavy atom. The van der Waals surface area contributed by atoms with Crippen molar-refractivity contribution in [3.63, 3.8) is 0 Å². The zero-order valence-electron chi connectivity index (χ0n) is 14.6. The lowest BCUT2D eigenvalue weighted by molar-refractivity contribution is -0.385. The maximum Gasteiger partial charge on any atom is 0.269 e. The number of piperidine rings is 1. The molecule has 2 saturated heterocycles. The van der Waals surface area contributed by atoms with Gasteiger partial charge in [-0.1, -0.05) is 0 Å². The van der Waals surface area contributed by atoms with E-state index in [1.807, 2.05) is 0 Å². The topological polar surface area (TPSA) is 113 Å². The van der Waals surface area contributed by atoms with Crippen molar-refractivity contribution >= 4 is 21.6 Å². The van der Waals surface area contributed by atoms with Crippen LogP contribution in [0.5, 0.6) is 0 Å². The third kappa shape index (κ3) is 3.57. The molecule has 2 fully saturated rings. The number of carbonyl (C=O) groups is 1. The minimum absolute atomic E-state index is 0.00739. The monoisotopic (exact) mass is 382 g/mol. The highest BCUT2D eigenvalue weighted by molar-refractivity contribution is 7.89. The Morgan fingerprint density at radius 2 is 2.08 bits per heavy atom. The molecule has 0 aliphatic carbocycles. The van der Waals surface area contributed by atoms with E-state index >= 15 is 0 Å². The van der Waals surface area contributed by atoms with Crippen molar-refractivity contribution in [3.8, 4) is 0 Å². The van der Waals surface area contributed by atoms with Crippen LogP contribution in [0.3, 0.4) is 0 Å². The van der Waals surface area contributed by atoms with Gasteiger partial charge in [-0.15, -0.1) is 0 Å². The van der Waals surface area contributed by atoms with Crippen LogP contribution in [0.4, 0.5) is 5.69 Å². The smallest absolute Gasteiger partial charge is 0.269 e. The summed E-state index contributed by atoms with van der Waals surface area (Å²) in [5.41, 5.74) is 0.212. The lowest BCUT2D eigenvalue weighted by atomic mass is 10.1. The van der Waals surface area contributed by atoms with E-state index in [0.717, 1.165) is 6.42 Å². The van der Waals surface area contributed by atoms with Crippen LogP contribution in [0.2, 0.25) is 0 Å². The number of piperazine rings is 1. The molecule has 2 aliphatic heterocycles. The van der Waals surface area contributed by atoms with E-state index in [9.17, 15) is 23.3 Å². The Bertz CT molecular complexity index is 826. The lowest BCUT2D eigenvalue weighted by Gasteiger charge is -2.40. The van der Waals surface area contributed by atoms with Crippen molar-refractivity contribution in [3.05, 3.63) is 33.9 Å². The number of nitro groups is 1. The SMILES string of the molecule is Cc1cc([N+](=O)[O-])ccc1S(=O)(=O)N1CCCC(N2CCNCC2=O)C1. The highest BCUT2D eigenvalue weighted by Gasteiger charge is 2.35. The Morgan fingerprint density at radius 3 is 2.73 bits per heavy atom. The molecule has 0 spiro atoms. The Kier molecular flexibility index (Phi) is 5.26. The predicted octanol–water partition coefficient (Wildman–Crippen LogP) is 0.488. The minimum atomic E-state index is -3.77. The van der Waals surface area contributed by atoms with E-state index in [1.165, 1.54) is 22.5 Å². The summed E-state index contributed by atoms with van der Waals surface area (Å²) < 4.78 is 27.5. The van der Waals surface area contributed by atoms with Gasteiger partial charge in [0, 0.05) is 44.4 Å². The zero-order valence-corrected chi connectivity index (χ0v) is 15.4. The number of rotatable bonds is 4. The lowest BCUT2D eigenvalue weighted by Crippen LogP contribution is -2.57.